The first-order chi connectivity index (χ1) is 16.7. The van der Waals surface area contributed by atoms with Gasteiger partial charge in [-0.05, 0) is 63.3 Å². The van der Waals surface area contributed by atoms with Crippen molar-refractivity contribution in [3.63, 3.8) is 0 Å². The van der Waals surface area contributed by atoms with E-state index >= 15 is 0 Å². The van der Waals surface area contributed by atoms with E-state index in [1.54, 1.807) is 7.05 Å². The molecule has 2 heterocycles. The number of rotatable bonds is 6. The SMILES string of the molecule is CC1NCCC(O)C1C(=O)N[C@@H](CC1CCCC2C1CCCC2n1c(=O)ccn(C)c1=O)C(=O)O. The molecule has 4 N–H and O–H groups in total. The number of nitrogens with one attached hydrogen (secondary N) is 2. The summed E-state index contributed by atoms with van der Waals surface area (Å²) in [6.45, 7) is 2.44. The molecule has 3 fully saturated rings. The number of aliphatic hydroxyl groups is 1. The number of carbonyl (C=O) groups is 2. The van der Waals surface area contributed by atoms with Gasteiger partial charge in [0.25, 0.3) is 5.56 Å². The molecule has 0 spiro atoms. The number of carbonyl (C=O) groups excluding carboxylic acids is 1. The van der Waals surface area contributed by atoms with Crippen LogP contribution < -0.4 is 21.9 Å². The third-order valence-corrected chi connectivity index (χ3v) is 8.63. The lowest BCUT2D eigenvalue weighted by atomic mass is 9.62. The molecule has 8 atom stereocenters. The molecular formula is C25H38N4O6. The van der Waals surface area contributed by atoms with Gasteiger partial charge in [-0.2, -0.15) is 0 Å². The van der Waals surface area contributed by atoms with Crippen molar-refractivity contribution in [1.82, 2.24) is 19.8 Å². The molecule has 0 aromatic carbocycles. The summed E-state index contributed by atoms with van der Waals surface area (Å²) in [5.74, 6) is -1.80. The third kappa shape index (κ3) is 5.23. The van der Waals surface area contributed by atoms with Gasteiger partial charge in [-0.15, -0.1) is 0 Å². The summed E-state index contributed by atoms with van der Waals surface area (Å²) in [7, 11) is 1.64. The molecule has 2 aliphatic carbocycles. The molecule has 7 unspecified atom stereocenters. The maximum Gasteiger partial charge on any atom is 0.330 e. The maximum atomic E-state index is 13.0. The Kier molecular flexibility index (Phi) is 7.80. The van der Waals surface area contributed by atoms with Crippen LogP contribution >= 0.6 is 0 Å². The second-order valence-corrected chi connectivity index (χ2v) is 10.7. The first-order valence-corrected chi connectivity index (χ1v) is 12.9. The van der Waals surface area contributed by atoms with Gasteiger partial charge in [0.1, 0.15) is 6.04 Å². The average molecular weight is 491 g/mol. The second-order valence-electron chi connectivity index (χ2n) is 10.7. The zero-order chi connectivity index (χ0) is 25.3. The minimum atomic E-state index is -1.08. The number of aliphatic carboxylic acids is 1. The van der Waals surface area contributed by atoms with E-state index in [1.807, 2.05) is 6.92 Å². The van der Waals surface area contributed by atoms with Crippen LogP contribution in [0.3, 0.4) is 0 Å². The molecule has 1 saturated heterocycles. The summed E-state index contributed by atoms with van der Waals surface area (Å²) in [4.78, 5) is 50.5. The summed E-state index contributed by atoms with van der Waals surface area (Å²) in [5.41, 5.74) is -0.597. The normalized spacial score (nSPS) is 34.0. The molecule has 0 bridgehead atoms. The molecule has 194 valence electrons. The van der Waals surface area contributed by atoms with Crippen molar-refractivity contribution < 1.29 is 19.8 Å². The quantitative estimate of drug-likeness (QED) is 0.458. The summed E-state index contributed by atoms with van der Waals surface area (Å²) >= 11 is 0. The fraction of sp³-hybridized carbons (Fsp3) is 0.760. The van der Waals surface area contributed by atoms with E-state index in [2.05, 4.69) is 10.6 Å². The highest BCUT2D eigenvalue weighted by atomic mass is 16.4. The molecule has 35 heavy (non-hydrogen) atoms. The summed E-state index contributed by atoms with van der Waals surface area (Å²) in [6, 6.07) is -0.0406. The van der Waals surface area contributed by atoms with Crippen molar-refractivity contribution in [3.05, 3.63) is 33.1 Å². The van der Waals surface area contributed by atoms with Crippen LogP contribution in [0.2, 0.25) is 0 Å². The van der Waals surface area contributed by atoms with Crippen molar-refractivity contribution in [3.8, 4) is 0 Å². The summed E-state index contributed by atoms with van der Waals surface area (Å²) < 4.78 is 2.82. The Morgan fingerprint density at radius 3 is 2.57 bits per heavy atom. The molecule has 3 aliphatic rings. The monoisotopic (exact) mass is 490 g/mol. The average Bonchev–Trinajstić information content (AvgIpc) is 2.81. The topological polar surface area (TPSA) is 143 Å². The molecular weight excluding hydrogens is 452 g/mol. The van der Waals surface area contributed by atoms with Gasteiger partial charge in [-0.3, -0.25) is 14.2 Å². The molecule has 1 amide bonds. The van der Waals surface area contributed by atoms with Crippen LogP contribution in [0.5, 0.6) is 0 Å². The van der Waals surface area contributed by atoms with Crippen LogP contribution in [-0.2, 0) is 16.6 Å². The highest BCUT2D eigenvalue weighted by Crippen LogP contribution is 2.49. The van der Waals surface area contributed by atoms with Gasteiger partial charge in [0.2, 0.25) is 5.91 Å². The number of carboxylic acids is 1. The van der Waals surface area contributed by atoms with Gasteiger partial charge in [-0.25, -0.2) is 9.59 Å². The number of aliphatic hydroxyl groups excluding tert-OH is 1. The number of nitrogens with zero attached hydrogens (tertiary/aromatic N) is 2. The first kappa shape index (κ1) is 25.6. The van der Waals surface area contributed by atoms with E-state index in [0.717, 1.165) is 38.5 Å². The fourth-order valence-corrected chi connectivity index (χ4v) is 6.89. The van der Waals surface area contributed by atoms with Gasteiger partial charge >= 0.3 is 11.7 Å². The molecule has 10 heteroatoms. The molecule has 0 radical (unpaired) electrons. The fourth-order valence-electron chi connectivity index (χ4n) is 6.89. The van der Waals surface area contributed by atoms with Crippen molar-refractivity contribution in [2.75, 3.05) is 6.54 Å². The Morgan fingerprint density at radius 2 is 1.86 bits per heavy atom. The van der Waals surface area contributed by atoms with E-state index in [0.29, 0.717) is 19.4 Å². The number of amides is 1. The van der Waals surface area contributed by atoms with Gasteiger partial charge in [0.05, 0.1) is 12.0 Å². The van der Waals surface area contributed by atoms with E-state index in [-0.39, 0.29) is 41.1 Å². The number of fused-ring (bicyclic) bond motifs is 1. The van der Waals surface area contributed by atoms with E-state index < -0.39 is 29.9 Å². The number of aromatic nitrogens is 2. The Labute approximate surface area is 204 Å². The minimum absolute atomic E-state index is 0.0769. The predicted octanol–water partition coefficient (Wildman–Crippen LogP) is 0.623. The van der Waals surface area contributed by atoms with E-state index in [4.69, 9.17) is 0 Å². The Morgan fingerprint density at radius 1 is 1.14 bits per heavy atom. The number of hydrogen-bond acceptors (Lipinski definition) is 6. The number of aryl methyl sites for hydroxylation is 1. The molecule has 10 nitrogen and oxygen atoms in total. The lowest BCUT2D eigenvalue weighted by Gasteiger charge is -2.46. The van der Waals surface area contributed by atoms with Gasteiger partial charge < -0.3 is 25.4 Å². The first-order valence-electron chi connectivity index (χ1n) is 12.9. The van der Waals surface area contributed by atoms with Gasteiger partial charge in [0, 0.05) is 31.4 Å². The Balaban J connectivity index is 1.51. The molecule has 1 aliphatic heterocycles. The highest BCUT2D eigenvalue weighted by molar-refractivity contribution is 5.85. The summed E-state index contributed by atoms with van der Waals surface area (Å²) in [5, 5.41) is 26.2. The van der Waals surface area contributed by atoms with Crippen LogP contribution in [0.1, 0.15) is 64.3 Å². The van der Waals surface area contributed by atoms with Gasteiger partial charge in [0.15, 0.2) is 0 Å². The lowest BCUT2D eigenvalue weighted by molar-refractivity contribution is -0.145. The zero-order valence-electron chi connectivity index (χ0n) is 20.6. The number of hydrogen-bond donors (Lipinski definition) is 4. The maximum absolute atomic E-state index is 13.0. The predicted molar refractivity (Wildman–Crippen MR) is 129 cm³/mol. The van der Waals surface area contributed by atoms with Gasteiger partial charge in [-0.1, -0.05) is 19.3 Å². The van der Waals surface area contributed by atoms with Crippen molar-refractivity contribution in [2.24, 2.45) is 30.7 Å². The number of piperidine rings is 1. The van der Waals surface area contributed by atoms with Crippen molar-refractivity contribution in [2.45, 2.75) is 82.5 Å². The molecule has 1 aromatic heterocycles. The smallest absolute Gasteiger partial charge is 0.330 e. The second kappa shape index (κ2) is 10.7. The van der Waals surface area contributed by atoms with Crippen LogP contribution in [0, 0.1) is 23.7 Å². The Bertz CT molecular complexity index is 1040. The van der Waals surface area contributed by atoms with Crippen molar-refractivity contribution in [1.29, 1.82) is 0 Å². The molecule has 1 aromatic rings. The van der Waals surface area contributed by atoms with E-state index in [9.17, 15) is 29.4 Å². The third-order valence-electron chi connectivity index (χ3n) is 8.63. The number of carboxylic acid groups (broad SMARTS) is 1. The van der Waals surface area contributed by atoms with Crippen LogP contribution in [0.4, 0.5) is 0 Å². The molecule has 4 rings (SSSR count). The largest absolute Gasteiger partial charge is 0.480 e. The minimum Gasteiger partial charge on any atom is -0.480 e. The van der Waals surface area contributed by atoms with Crippen LogP contribution in [0.25, 0.3) is 0 Å². The Hall–Kier alpha value is -2.46. The lowest BCUT2D eigenvalue weighted by Crippen LogP contribution is -2.56. The van der Waals surface area contributed by atoms with Crippen LogP contribution in [0.15, 0.2) is 21.9 Å². The van der Waals surface area contributed by atoms with Crippen molar-refractivity contribution >= 4 is 11.9 Å². The zero-order valence-corrected chi connectivity index (χ0v) is 20.6. The van der Waals surface area contributed by atoms with E-state index in [1.165, 1.54) is 21.4 Å². The van der Waals surface area contributed by atoms with Crippen LogP contribution in [-0.4, -0.2) is 56.0 Å². The molecule has 2 saturated carbocycles. The standard InChI is InChI=1S/C25H38N4O6/c1-14-22(20(30)9-11-26-14)23(32)27-18(24(33)34)13-15-5-3-7-17-16(15)6-4-8-19(17)29-21(31)10-12-28(2)25(29)35/h10,12,14-20,22,26,30H,3-9,11,13H2,1-2H3,(H,27,32)(H,33,34)/t14?,15?,16?,17?,18-,19?,20?,22?/m0/s1. The summed E-state index contributed by atoms with van der Waals surface area (Å²) in [6.07, 6.45) is 6.66. The highest BCUT2D eigenvalue weighted by Gasteiger charge is 2.44.